The maximum absolute atomic E-state index is 6.58. The lowest BCUT2D eigenvalue weighted by Crippen LogP contribution is -2.35. The van der Waals surface area contributed by atoms with Gasteiger partial charge >= 0.3 is 0 Å². The van der Waals surface area contributed by atoms with Crippen LogP contribution in [0.3, 0.4) is 0 Å². The van der Waals surface area contributed by atoms with Crippen molar-refractivity contribution in [2.75, 3.05) is 0 Å². The van der Waals surface area contributed by atoms with Crippen LogP contribution in [0.4, 0.5) is 0 Å². The summed E-state index contributed by atoms with van der Waals surface area (Å²) in [5.41, 5.74) is 17.1. The minimum absolute atomic E-state index is 0.209. The fraction of sp³-hybridized carbons (Fsp3) is 0.0678. The number of para-hydroxylation sites is 1. The molecule has 2 aliphatic rings. The molecule has 1 aliphatic carbocycles. The third-order valence-corrected chi connectivity index (χ3v) is 13.4. The Labute approximate surface area is 375 Å². The summed E-state index contributed by atoms with van der Waals surface area (Å²) >= 11 is 0. The van der Waals surface area contributed by atoms with Crippen LogP contribution in [0.1, 0.15) is 48.0 Å². The molecule has 0 amide bonds. The standard InChI is InChI=1S/C59H41N5O/c1-59(2)49-26-13-12-24-44(49)46-35-47-45-33-38(28-30-50(45)64(58(47)60-54(46)59)42-22-10-5-11-23-42)39-29-31-51-48(34-39)53-43(25-15-27-52(53)65-51)40-20-14-21-41(32-40)57-62-55(36-16-6-3-7-17-36)61-56(63-57)37-18-8-4-9-19-37/h3-35,57H,1-2H3,(H,61,62,63). The van der Waals surface area contributed by atoms with E-state index < -0.39 is 6.17 Å². The average molecular weight is 836 g/mol. The quantitative estimate of drug-likeness (QED) is 0.181. The molecule has 308 valence electrons. The molecule has 13 rings (SSSR count). The lowest BCUT2D eigenvalue weighted by Gasteiger charge is -2.22. The number of pyridine rings is 1. The van der Waals surface area contributed by atoms with Crippen molar-refractivity contribution in [1.82, 2.24) is 14.9 Å². The number of hydrogen-bond donors (Lipinski definition) is 1. The lowest BCUT2D eigenvalue weighted by atomic mass is 9.85. The third-order valence-electron chi connectivity index (χ3n) is 13.4. The van der Waals surface area contributed by atoms with E-state index in [1.165, 1.54) is 22.1 Å². The molecule has 3 aromatic heterocycles. The first kappa shape index (κ1) is 37.2. The highest BCUT2D eigenvalue weighted by Gasteiger charge is 2.38. The van der Waals surface area contributed by atoms with Gasteiger partial charge in [-0.05, 0) is 93.5 Å². The molecule has 0 fully saturated rings. The first-order chi connectivity index (χ1) is 32.0. The van der Waals surface area contributed by atoms with Crippen molar-refractivity contribution in [3.63, 3.8) is 0 Å². The second-order valence-corrected chi connectivity index (χ2v) is 17.6. The van der Waals surface area contributed by atoms with E-state index in [0.29, 0.717) is 0 Å². The van der Waals surface area contributed by atoms with E-state index in [1.807, 2.05) is 36.4 Å². The highest BCUT2D eigenvalue weighted by molar-refractivity contribution is 6.17. The molecule has 0 unspecified atom stereocenters. The number of benzene rings is 8. The molecule has 6 nitrogen and oxygen atoms in total. The van der Waals surface area contributed by atoms with Crippen LogP contribution < -0.4 is 5.32 Å². The lowest BCUT2D eigenvalue weighted by molar-refractivity contribution is 0.639. The Kier molecular flexibility index (Phi) is 8.21. The Balaban J connectivity index is 0.944. The molecule has 0 saturated carbocycles. The number of aliphatic imine (C=N–C) groups is 2. The molecule has 6 heteroatoms. The van der Waals surface area contributed by atoms with Crippen molar-refractivity contribution < 1.29 is 4.42 Å². The zero-order valence-corrected chi connectivity index (χ0v) is 35.8. The Bertz CT molecular complexity index is 3710. The second kappa shape index (κ2) is 14.3. The third kappa shape index (κ3) is 5.91. The number of amidine groups is 2. The van der Waals surface area contributed by atoms with E-state index in [0.717, 1.165) is 100 Å². The molecule has 11 aromatic rings. The minimum atomic E-state index is -0.436. The predicted octanol–water partition coefficient (Wildman–Crippen LogP) is 14.2. The fourth-order valence-electron chi connectivity index (χ4n) is 10.2. The van der Waals surface area contributed by atoms with E-state index in [1.54, 1.807) is 0 Å². The number of nitrogens with one attached hydrogen (secondary N) is 1. The molecule has 1 aliphatic heterocycles. The normalized spacial score (nSPS) is 14.4. The van der Waals surface area contributed by atoms with Gasteiger partial charge in [-0.25, -0.2) is 15.0 Å². The maximum atomic E-state index is 6.58. The summed E-state index contributed by atoms with van der Waals surface area (Å²) in [4.78, 5) is 15.9. The summed E-state index contributed by atoms with van der Waals surface area (Å²) in [5.74, 6) is 1.59. The van der Waals surface area contributed by atoms with E-state index in [4.69, 9.17) is 19.4 Å². The maximum Gasteiger partial charge on any atom is 0.169 e. The highest BCUT2D eigenvalue weighted by Crippen LogP contribution is 2.50. The van der Waals surface area contributed by atoms with Crippen LogP contribution in [-0.2, 0) is 5.41 Å². The topological polar surface area (TPSA) is 67.7 Å². The number of hydrogen-bond acceptors (Lipinski definition) is 5. The molecule has 0 radical (unpaired) electrons. The highest BCUT2D eigenvalue weighted by atomic mass is 16.3. The summed E-state index contributed by atoms with van der Waals surface area (Å²) < 4.78 is 8.91. The summed E-state index contributed by atoms with van der Waals surface area (Å²) in [6.45, 7) is 4.59. The molecule has 0 spiro atoms. The van der Waals surface area contributed by atoms with Gasteiger partial charge in [-0.15, -0.1) is 0 Å². The Morgan fingerprint density at radius 3 is 1.88 bits per heavy atom. The van der Waals surface area contributed by atoms with Gasteiger partial charge in [0.15, 0.2) is 6.17 Å². The smallest absolute Gasteiger partial charge is 0.169 e. The van der Waals surface area contributed by atoms with Crippen LogP contribution in [-0.4, -0.2) is 21.2 Å². The van der Waals surface area contributed by atoms with Crippen molar-refractivity contribution in [3.05, 3.63) is 228 Å². The van der Waals surface area contributed by atoms with Gasteiger partial charge in [0.25, 0.3) is 0 Å². The monoisotopic (exact) mass is 835 g/mol. The molecular weight excluding hydrogens is 795 g/mol. The number of aromatic nitrogens is 2. The van der Waals surface area contributed by atoms with Gasteiger partial charge in [-0.3, -0.25) is 4.57 Å². The molecular formula is C59H41N5O. The molecule has 4 heterocycles. The van der Waals surface area contributed by atoms with Crippen molar-refractivity contribution in [2.45, 2.75) is 25.4 Å². The zero-order valence-electron chi connectivity index (χ0n) is 35.8. The van der Waals surface area contributed by atoms with Gasteiger partial charge in [0.2, 0.25) is 0 Å². The average Bonchev–Trinajstić information content (AvgIpc) is 3.98. The molecule has 1 N–H and O–H groups in total. The van der Waals surface area contributed by atoms with Gasteiger partial charge in [0, 0.05) is 49.3 Å². The second-order valence-electron chi connectivity index (χ2n) is 17.6. The minimum Gasteiger partial charge on any atom is -0.456 e. The number of fused-ring (bicyclic) bond motifs is 9. The van der Waals surface area contributed by atoms with Gasteiger partial charge < -0.3 is 9.73 Å². The molecule has 65 heavy (non-hydrogen) atoms. The Morgan fingerprint density at radius 2 is 1.12 bits per heavy atom. The van der Waals surface area contributed by atoms with Crippen LogP contribution in [0.5, 0.6) is 0 Å². The predicted molar refractivity (Wildman–Crippen MR) is 266 cm³/mol. The zero-order chi connectivity index (χ0) is 43.2. The van der Waals surface area contributed by atoms with Crippen LogP contribution in [0.15, 0.2) is 215 Å². The molecule has 0 saturated heterocycles. The number of nitrogens with zero attached hydrogens (tertiary/aromatic N) is 4. The number of rotatable bonds is 6. The van der Waals surface area contributed by atoms with Crippen LogP contribution in [0.25, 0.3) is 82.9 Å². The van der Waals surface area contributed by atoms with Gasteiger partial charge in [-0.2, -0.15) is 0 Å². The Hall–Kier alpha value is -8.35. The summed E-state index contributed by atoms with van der Waals surface area (Å²) in [6.07, 6.45) is -0.436. The van der Waals surface area contributed by atoms with Crippen molar-refractivity contribution in [1.29, 1.82) is 0 Å². The van der Waals surface area contributed by atoms with E-state index in [-0.39, 0.29) is 5.41 Å². The van der Waals surface area contributed by atoms with Crippen molar-refractivity contribution >= 4 is 55.5 Å². The Morgan fingerprint density at radius 1 is 0.492 bits per heavy atom. The number of furan rings is 1. The van der Waals surface area contributed by atoms with E-state index in [9.17, 15) is 0 Å². The van der Waals surface area contributed by atoms with E-state index in [2.05, 4.69) is 188 Å². The first-order valence-electron chi connectivity index (χ1n) is 22.2. The molecule has 0 atom stereocenters. The largest absolute Gasteiger partial charge is 0.456 e. The van der Waals surface area contributed by atoms with Crippen molar-refractivity contribution in [3.8, 4) is 39.1 Å². The summed E-state index contributed by atoms with van der Waals surface area (Å²) in [7, 11) is 0. The van der Waals surface area contributed by atoms with Crippen LogP contribution in [0, 0.1) is 0 Å². The van der Waals surface area contributed by atoms with Gasteiger partial charge in [-0.1, -0.05) is 159 Å². The van der Waals surface area contributed by atoms with E-state index >= 15 is 0 Å². The van der Waals surface area contributed by atoms with Crippen LogP contribution in [0.2, 0.25) is 0 Å². The SMILES string of the molecule is CC1(C)c2ccccc2-c2cc3c4cc(-c5ccc6oc7cccc(-c8cccc(C9N=C(c%10ccccc%10)NC(c%10ccccc%10)=N9)c8)c7c6c5)ccc4n(-c4ccccc4)c3nc21. The summed E-state index contributed by atoms with van der Waals surface area (Å²) in [5, 5.41) is 7.98. The first-order valence-corrected chi connectivity index (χ1v) is 22.2. The fourth-order valence-corrected chi connectivity index (χ4v) is 10.2. The van der Waals surface area contributed by atoms with Gasteiger partial charge in [0.1, 0.15) is 28.5 Å². The van der Waals surface area contributed by atoms with Gasteiger partial charge in [0.05, 0.1) is 11.2 Å². The van der Waals surface area contributed by atoms with Crippen molar-refractivity contribution in [2.24, 2.45) is 9.98 Å². The molecule has 8 aromatic carbocycles. The summed E-state index contributed by atoms with van der Waals surface area (Å²) in [6, 6.07) is 70.7. The van der Waals surface area contributed by atoms with Crippen LogP contribution >= 0.6 is 0 Å². The molecule has 0 bridgehead atoms.